The van der Waals surface area contributed by atoms with E-state index in [1.807, 2.05) is 50.2 Å². The van der Waals surface area contributed by atoms with E-state index in [1.165, 1.54) is 6.07 Å². The lowest BCUT2D eigenvalue weighted by Gasteiger charge is -2.40. The van der Waals surface area contributed by atoms with Gasteiger partial charge in [0.15, 0.2) is 0 Å². The van der Waals surface area contributed by atoms with Gasteiger partial charge < -0.3 is 25.8 Å². The largest absolute Gasteiger partial charge is 0.493 e. The first-order valence-corrected chi connectivity index (χ1v) is 15.1. The molecule has 0 aromatic heterocycles. The molecule has 12 heteroatoms. The summed E-state index contributed by atoms with van der Waals surface area (Å²) in [5.41, 5.74) is -0.365. The minimum atomic E-state index is -4.17. The van der Waals surface area contributed by atoms with Crippen LogP contribution in [0, 0.1) is 17.2 Å². The van der Waals surface area contributed by atoms with Crippen molar-refractivity contribution in [3.63, 3.8) is 0 Å². The van der Waals surface area contributed by atoms with Crippen molar-refractivity contribution in [1.82, 2.24) is 20.3 Å². The van der Waals surface area contributed by atoms with Crippen LogP contribution < -0.4 is 20.7 Å². The number of nitriles is 1. The number of fused-ring (bicyclic) bond motifs is 1. The molecular formula is C29H39N5O6S. The van der Waals surface area contributed by atoms with E-state index in [1.54, 1.807) is 19.2 Å². The fourth-order valence-electron chi connectivity index (χ4n) is 4.69. The van der Waals surface area contributed by atoms with E-state index in [4.69, 9.17) is 4.74 Å². The molecule has 11 nitrogen and oxygen atoms in total. The smallest absolute Gasteiger partial charge is 0.245 e. The minimum Gasteiger partial charge on any atom is -0.493 e. The lowest BCUT2D eigenvalue weighted by atomic mass is 9.98. The summed E-state index contributed by atoms with van der Waals surface area (Å²) in [6, 6.07) is 14.7. The number of hydrogen-bond acceptors (Lipinski definition) is 8. The maximum absolute atomic E-state index is 14.1. The van der Waals surface area contributed by atoms with Gasteiger partial charge in [-0.1, -0.05) is 44.2 Å². The number of rotatable bonds is 15. The average molecular weight is 586 g/mol. The first-order valence-electron chi connectivity index (χ1n) is 13.6. The van der Waals surface area contributed by atoms with Crippen LogP contribution in [0.4, 0.5) is 0 Å². The van der Waals surface area contributed by atoms with Crippen molar-refractivity contribution >= 4 is 21.8 Å². The summed E-state index contributed by atoms with van der Waals surface area (Å²) in [7, 11) is -2.58. The zero-order valence-electron chi connectivity index (χ0n) is 23.7. The molecule has 0 bridgehead atoms. The van der Waals surface area contributed by atoms with E-state index in [9.17, 15) is 28.4 Å². The molecular weight excluding hydrogens is 546 g/mol. The van der Waals surface area contributed by atoms with E-state index in [0.717, 1.165) is 15.4 Å². The van der Waals surface area contributed by atoms with Gasteiger partial charge in [0.05, 0.1) is 30.5 Å². The van der Waals surface area contributed by atoms with Crippen LogP contribution in [0.15, 0.2) is 53.4 Å². The van der Waals surface area contributed by atoms with Gasteiger partial charge in [-0.15, -0.1) is 0 Å². The van der Waals surface area contributed by atoms with Crippen molar-refractivity contribution in [1.29, 1.82) is 5.26 Å². The number of sulfonamides is 1. The van der Waals surface area contributed by atoms with E-state index in [0.29, 0.717) is 18.8 Å². The van der Waals surface area contributed by atoms with Gasteiger partial charge in [-0.05, 0) is 42.3 Å². The van der Waals surface area contributed by atoms with Crippen LogP contribution in [0.25, 0.3) is 0 Å². The fourth-order valence-corrected chi connectivity index (χ4v) is 6.58. The van der Waals surface area contributed by atoms with E-state index >= 15 is 0 Å². The fraction of sp³-hybridized carbons (Fsp3) is 0.483. The van der Waals surface area contributed by atoms with Gasteiger partial charge in [-0.2, -0.15) is 9.57 Å². The highest BCUT2D eigenvalue weighted by Gasteiger charge is 2.43. The summed E-state index contributed by atoms with van der Waals surface area (Å²) in [6.07, 6.45) is 0.193. The van der Waals surface area contributed by atoms with Crippen LogP contribution in [-0.4, -0.2) is 74.7 Å². The Balaban J connectivity index is 1.85. The molecule has 0 saturated heterocycles. The van der Waals surface area contributed by atoms with Crippen molar-refractivity contribution in [3.8, 4) is 11.8 Å². The molecule has 2 aromatic rings. The Morgan fingerprint density at radius 2 is 1.90 bits per heavy atom. The first-order chi connectivity index (χ1) is 19.5. The predicted octanol–water partition coefficient (Wildman–Crippen LogP) is 1.32. The third kappa shape index (κ3) is 8.74. The second-order valence-electron chi connectivity index (χ2n) is 10.5. The van der Waals surface area contributed by atoms with Gasteiger partial charge in [-0.3, -0.25) is 9.59 Å². The molecule has 2 atom stereocenters. The van der Waals surface area contributed by atoms with Crippen molar-refractivity contribution in [2.24, 2.45) is 5.92 Å². The summed E-state index contributed by atoms with van der Waals surface area (Å²) in [6.45, 7) is 4.21. The number of nitrogens with zero attached hydrogens (tertiary/aromatic N) is 2. The standard InChI is InChI=1S/C29H39N5O6S/c1-21(2)20-34(41(38,39)25-9-10-26-23(15-25)11-14-40-26)29(37,17-22-7-5-4-6-8-22)12-13-32-27(35)16-24(18-30)33-28(36)19-31-3/h4-10,15,21,24,31,37H,11-14,16-17,19-20H2,1-3H3,(H,32,35)(H,33,36). The number of carbonyl (C=O) groups excluding carboxylic acids is 2. The zero-order valence-corrected chi connectivity index (χ0v) is 24.5. The number of aliphatic hydroxyl groups is 1. The molecule has 0 spiro atoms. The molecule has 1 aliphatic rings. The molecule has 4 N–H and O–H groups in total. The van der Waals surface area contributed by atoms with Gasteiger partial charge in [0.1, 0.15) is 17.5 Å². The first kappa shape index (κ1) is 32.0. The molecule has 1 heterocycles. The summed E-state index contributed by atoms with van der Waals surface area (Å²) in [5.74, 6) is -0.395. The second-order valence-corrected chi connectivity index (χ2v) is 12.4. The number of likely N-dealkylation sites (N-methyl/N-ethyl adjacent to an activating group) is 1. The molecule has 0 aliphatic carbocycles. The SMILES string of the molecule is CNCC(=O)NC(C#N)CC(=O)NCCC(O)(Cc1ccccc1)N(CC(C)C)S(=O)(=O)c1ccc2c(c1)CCO2. The minimum absolute atomic E-state index is 0.00369. The highest BCUT2D eigenvalue weighted by Crippen LogP contribution is 2.33. The maximum atomic E-state index is 14.1. The lowest BCUT2D eigenvalue weighted by Crippen LogP contribution is -2.56. The van der Waals surface area contributed by atoms with Crippen LogP contribution in [0.3, 0.4) is 0 Å². The number of nitrogens with one attached hydrogen (secondary N) is 3. The third-order valence-corrected chi connectivity index (χ3v) is 8.56. The molecule has 2 unspecified atom stereocenters. The van der Waals surface area contributed by atoms with Crippen LogP contribution in [0.2, 0.25) is 0 Å². The van der Waals surface area contributed by atoms with E-state index in [-0.39, 0.29) is 49.7 Å². The lowest BCUT2D eigenvalue weighted by molar-refractivity contribution is -0.123. The third-order valence-electron chi connectivity index (χ3n) is 6.64. The van der Waals surface area contributed by atoms with E-state index < -0.39 is 33.6 Å². The molecule has 0 saturated carbocycles. The quantitative estimate of drug-likeness (QED) is 0.228. The Bertz CT molecular complexity index is 1350. The zero-order chi connectivity index (χ0) is 30.0. The number of ether oxygens (including phenoxy) is 1. The summed E-state index contributed by atoms with van der Waals surface area (Å²) < 4.78 is 34.9. The number of amides is 2. The molecule has 2 aromatic carbocycles. The second kappa shape index (κ2) is 14.4. The molecule has 1 aliphatic heterocycles. The van der Waals surface area contributed by atoms with Gasteiger partial charge in [0, 0.05) is 32.4 Å². The monoisotopic (exact) mass is 585 g/mol. The molecule has 0 radical (unpaired) electrons. The number of hydrogen-bond donors (Lipinski definition) is 4. The highest BCUT2D eigenvalue weighted by atomic mass is 32.2. The van der Waals surface area contributed by atoms with Crippen molar-refractivity contribution < 1.29 is 27.9 Å². The topological polar surface area (TPSA) is 161 Å². The van der Waals surface area contributed by atoms with Crippen LogP contribution in [-0.2, 0) is 32.5 Å². The normalized spacial score (nSPS) is 15.0. The predicted molar refractivity (Wildman–Crippen MR) is 153 cm³/mol. The Kier molecular flexibility index (Phi) is 11.3. The van der Waals surface area contributed by atoms with E-state index in [2.05, 4.69) is 16.0 Å². The summed E-state index contributed by atoms with van der Waals surface area (Å²) in [5, 5.41) is 29.3. The Hall–Kier alpha value is -3.50. The average Bonchev–Trinajstić information content (AvgIpc) is 3.40. The number of benzene rings is 2. The van der Waals surface area contributed by atoms with Crippen molar-refractivity contribution in [2.45, 2.75) is 56.2 Å². The molecule has 41 heavy (non-hydrogen) atoms. The maximum Gasteiger partial charge on any atom is 0.245 e. The Morgan fingerprint density at radius 3 is 2.56 bits per heavy atom. The molecule has 2 amide bonds. The van der Waals surface area contributed by atoms with Crippen molar-refractivity contribution in [3.05, 3.63) is 59.7 Å². The molecule has 3 rings (SSSR count). The van der Waals surface area contributed by atoms with Crippen LogP contribution >= 0.6 is 0 Å². The van der Waals surface area contributed by atoms with Crippen LogP contribution in [0.1, 0.15) is 37.8 Å². The van der Waals surface area contributed by atoms with Crippen LogP contribution in [0.5, 0.6) is 5.75 Å². The summed E-state index contributed by atoms with van der Waals surface area (Å²) >= 11 is 0. The van der Waals surface area contributed by atoms with Gasteiger partial charge in [0.2, 0.25) is 21.8 Å². The molecule has 222 valence electrons. The highest BCUT2D eigenvalue weighted by molar-refractivity contribution is 7.89. The molecule has 0 fully saturated rings. The van der Waals surface area contributed by atoms with Crippen molar-refractivity contribution in [2.75, 3.05) is 33.3 Å². The van der Waals surface area contributed by atoms with Gasteiger partial charge in [-0.25, -0.2) is 8.42 Å². The van der Waals surface area contributed by atoms with Gasteiger partial charge in [0.25, 0.3) is 0 Å². The Labute approximate surface area is 241 Å². The Morgan fingerprint density at radius 1 is 1.17 bits per heavy atom. The number of carbonyl (C=O) groups is 2. The van der Waals surface area contributed by atoms with Gasteiger partial charge >= 0.3 is 0 Å². The summed E-state index contributed by atoms with van der Waals surface area (Å²) in [4.78, 5) is 24.5.